The zero-order valence-corrected chi connectivity index (χ0v) is 32.5. The van der Waals surface area contributed by atoms with E-state index in [-0.39, 0.29) is 13.0 Å². The van der Waals surface area contributed by atoms with Crippen LogP contribution < -0.4 is 36.1 Å². The number of nitrogens with zero attached hydrogens (tertiary/aromatic N) is 1. The van der Waals surface area contributed by atoms with Crippen molar-refractivity contribution in [1.29, 1.82) is 0 Å². The lowest BCUT2D eigenvalue weighted by Crippen LogP contribution is -2.19. The monoisotopic (exact) mass is 735 g/mol. The van der Waals surface area contributed by atoms with E-state index in [9.17, 15) is 14.4 Å². The smallest absolute Gasteiger partial charge is 0.211 e. The Balaban J connectivity index is -0.000000570. The molecule has 0 aliphatic carbocycles. The highest BCUT2D eigenvalue weighted by Gasteiger charge is 1.98. The quantitative estimate of drug-likeness (QED) is 0.0931. The van der Waals surface area contributed by atoms with Crippen LogP contribution in [-0.4, -0.2) is 85.6 Å². The first-order valence-electron chi connectivity index (χ1n) is 16.8. The summed E-state index contributed by atoms with van der Waals surface area (Å²) in [5.74, 6) is 1.68. The number of benzene rings is 4. The number of amides is 2. The van der Waals surface area contributed by atoms with Crippen LogP contribution in [0.2, 0.25) is 0 Å². The molecule has 0 radical (unpaired) electrons. The second-order valence-electron chi connectivity index (χ2n) is 10.5. The third kappa shape index (κ3) is 33.4. The van der Waals surface area contributed by atoms with E-state index in [1.54, 1.807) is 38.5 Å². The van der Waals surface area contributed by atoms with Crippen LogP contribution in [0.3, 0.4) is 0 Å². The van der Waals surface area contributed by atoms with E-state index < -0.39 is 0 Å². The van der Waals surface area contributed by atoms with Gasteiger partial charge in [0.2, 0.25) is 12.8 Å². The number of aliphatic hydroxyl groups is 1. The number of aliphatic hydroxyl groups excluding tert-OH is 1. The molecule has 0 aliphatic heterocycles. The normalized spacial score (nSPS) is 9.23. The largest absolute Gasteiger partial charge is 0.497 e. The number of ether oxygens (including phenoxy) is 2. The van der Waals surface area contributed by atoms with Crippen molar-refractivity contribution < 1.29 is 33.8 Å². The molecule has 0 heterocycles. The predicted molar refractivity (Wildman–Crippen MR) is 218 cm³/mol. The molecule has 0 fully saturated rings. The Bertz CT molecular complexity index is 1380. The van der Waals surface area contributed by atoms with Crippen molar-refractivity contribution in [2.24, 2.45) is 5.73 Å². The molecule has 2 amide bonds. The first-order chi connectivity index (χ1) is 25.6. The van der Waals surface area contributed by atoms with Gasteiger partial charge in [0.25, 0.3) is 0 Å². The van der Waals surface area contributed by atoms with Crippen molar-refractivity contribution in [3.05, 3.63) is 120 Å². The summed E-state index contributed by atoms with van der Waals surface area (Å²) in [5, 5.41) is 16.5. The van der Waals surface area contributed by atoms with Crippen LogP contribution in [0.1, 0.15) is 37.4 Å². The summed E-state index contributed by atoms with van der Waals surface area (Å²) in [6.07, 6.45) is 3.16. The van der Waals surface area contributed by atoms with Crippen LogP contribution in [0, 0.1) is 6.92 Å². The van der Waals surface area contributed by atoms with Crippen molar-refractivity contribution in [3.8, 4) is 11.5 Å². The number of aryl methyl sites for hydroxylation is 1. The molecular weight excluding hydrogens is 674 g/mol. The minimum atomic E-state index is 0.0911. The number of nitrogens with two attached hydrogens (primary N) is 1. The molecule has 0 saturated heterocycles. The zero-order valence-electron chi connectivity index (χ0n) is 32.5. The predicted octanol–water partition coefficient (Wildman–Crippen LogP) is 5.45. The molecule has 0 saturated carbocycles. The van der Waals surface area contributed by atoms with Crippen LogP contribution in [0.5, 0.6) is 11.5 Å². The third-order valence-electron chi connectivity index (χ3n) is 6.26. The summed E-state index contributed by atoms with van der Waals surface area (Å²) in [5.41, 5.74) is 8.78. The van der Waals surface area contributed by atoms with E-state index in [4.69, 9.17) is 19.4 Å². The minimum Gasteiger partial charge on any atom is -0.497 e. The summed E-state index contributed by atoms with van der Waals surface area (Å²) in [7, 11) is 9.27. The molecular formula is C41H61N5O7. The number of hydrogen-bond acceptors (Lipinski definition) is 10. The van der Waals surface area contributed by atoms with Crippen molar-refractivity contribution in [3.63, 3.8) is 0 Å². The Morgan fingerprint density at radius 2 is 1.23 bits per heavy atom. The van der Waals surface area contributed by atoms with Gasteiger partial charge in [-0.3, -0.25) is 9.59 Å². The van der Waals surface area contributed by atoms with Crippen LogP contribution in [-0.2, 0) is 19.2 Å². The Morgan fingerprint density at radius 3 is 1.55 bits per heavy atom. The second kappa shape index (κ2) is 39.2. The molecule has 0 bridgehead atoms. The lowest BCUT2D eigenvalue weighted by Gasteiger charge is -2.11. The fourth-order valence-electron chi connectivity index (χ4n) is 3.32. The number of methoxy groups -OCH3 is 2. The molecule has 4 rings (SSSR count). The number of rotatable bonds is 12. The summed E-state index contributed by atoms with van der Waals surface area (Å²) < 4.78 is 9.96. The number of hydrogen-bond donors (Lipinski definition) is 5. The standard InChI is InChI=1S/C9H13NO.C9H13N.C8H9NO2.C7H8.C4H9NO2.C3H6O.CH3NO/c1-10(2)8-4-6-9(11-3)7-5-8;1-8(10-2)9-6-4-3-5-7-9;1-11-8-4-2-7(3-5-8)9-6-10;1-7-5-3-2-4-6-7;6-3-1-5-2-4-7;1-2-3-4;2-1-3/h4-7H,1-3H3;3-8,10H,1-2H3;2-6H,1H3,(H,9,10);2-6H,1H3;3,5,7H,1-2,4H2;3H,2H2,1H3;1H,(H2,2,3). The van der Waals surface area contributed by atoms with Gasteiger partial charge in [0, 0.05) is 44.5 Å². The summed E-state index contributed by atoms with van der Waals surface area (Å²) in [4.78, 5) is 39.3. The fourth-order valence-corrected chi connectivity index (χ4v) is 3.32. The second-order valence-corrected chi connectivity index (χ2v) is 10.5. The third-order valence-corrected chi connectivity index (χ3v) is 6.26. The number of carbonyl (C=O) groups is 4. The van der Waals surface area contributed by atoms with Crippen LogP contribution >= 0.6 is 0 Å². The van der Waals surface area contributed by atoms with Crippen molar-refractivity contribution in [2.45, 2.75) is 33.2 Å². The van der Waals surface area contributed by atoms with Gasteiger partial charge in [-0.1, -0.05) is 73.2 Å². The molecule has 292 valence electrons. The van der Waals surface area contributed by atoms with Crippen molar-refractivity contribution in [1.82, 2.24) is 10.6 Å². The lowest BCUT2D eigenvalue weighted by molar-refractivity contribution is -0.108. The average molecular weight is 736 g/mol. The minimum absolute atomic E-state index is 0.0911. The van der Waals surface area contributed by atoms with Gasteiger partial charge in [0.05, 0.1) is 27.4 Å². The molecule has 53 heavy (non-hydrogen) atoms. The van der Waals surface area contributed by atoms with Gasteiger partial charge in [-0.25, -0.2) is 0 Å². The van der Waals surface area contributed by atoms with Crippen LogP contribution in [0.15, 0.2) is 109 Å². The van der Waals surface area contributed by atoms with E-state index in [2.05, 4.69) is 76.8 Å². The fraction of sp³-hybridized carbons (Fsp3) is 0.317. The molecule has 1 unspecified atom stereocenters. The first kappa shape index (κ1) is 51.8. The molecule has 12 nitrogen and oxygen atoms in total. The molecule has 12 heteroatoms. The molecule has 4 aromatic rings. The molecule has 6 N–H and O–H groups in total. The highest BCUT2D eigenvalue weighted by molar-refractivity contribution is 5.71. The maximum absolute atomic E-state index is 9.99. The number of carbonyl (C=O) groups excluding carboxylic acids is 4. The van der Waals surface area contributed by atoms with Crippen LogP contribution in [0.4, 0.5) is 11.4 Å². The first-order valence-corrected chi connectivity index (χ1v) is 16.8. The maximum atomic E-state index is 9.99. The van der Waals surface area contributed by atoms with E-state index >= 15 is 0 Å². The Kier molecular flexibility index (Phi) is 38.3. The molecule has 0 aromatic heterocycles. The topological polar surface area (TPSA) is 172 Å². The number of nitrogens with one attached hydrogen (secondary N) is 3. The summed E-state index contributed by atoms with van der Waals surface area (Å²) in [6, 6.07) is 36.2. The maximum Gasteiger partial charge on any atom is 0.211 e. The van der Waals surface area contributed by atoms with E-state index in [0.717, 1.165) is 29.8 Å². The average Bonchev–Trinajstić information content (AvgIpc) is 3.20. The summed E-state index contributed by atoms with van der Waals surface area (Å²) in [6.45, 7) is 6.97. The van der Waals surface area contributed by atoms with Crippen molar-refractivity contribution in [2.75, 3.05) is 65.3 Å². The van der Waals surface area contributed by atoms with Gasteiger partial charge in [-0.2, -0.15) is 0 Å². The van der Waals surface area contributed by atoms with Gasteiger partial charge in [0.1, 0.15) is 24.1 Å². The van der Waals surface area contributed by atoms with Crippen molar-refractivity contribution >= 4 is 36.8 Å². The van der Waals surface area contributed by atoms with Gasteiger partial charge < -0.3 is 50.8 Å². The SMILES string of the molecule is CCC=O.CNC(C)c1ccccc1.COc1ccc(N(C)C)cc1.COc1ccc(NC=O)cc1.Cc1ccccc1.NC=O.O=CCNCCO. The lowest BCUT2D eigenvalue weighted by atomic mass is 10.1. The molecule has 4 aromatic carbocycles. The van der Waals surface area contributed by atoms with Gasteiger partial charge in [0.15, 0.2) is 0 Å². The molecule has 1 atom stereocenters. The van der Waals surface area contributed by atoms with E-state index in [1.165, 1.54) is 16.8 Å². The van der Waals surface area contributed by atoms with E-state index in [1.807, 2.05) is 76.6 Å². The Labute approximate surface area is 316 Å². The molecule has 0 spiro atoms. The highest BCUT2D eigenvalue weighted by atomic mass is 16.5. The summed E-state index contributed by atoms with van der Waals surface area (Å²) >= 11 is 0. The van der Waals surface area contributed by atoms with Crippen LogP contribution in [0.25, 0.3) is 0 Å². The number of primary amides is 1. The van der Waals surface area contributed by atoms with E-state index in [0.29, 0.717) is 32.0 Å². The zero-order chi connectivity index (χ0) is 40.5. The number of anilines is 2. The highest BCUT2D eigenvalue weighted by Crippen LogP contribution is 2.16. The molecule has 0 aliphatic rings. The van der Waals surface area contributed by atoms with Gasteiger partial charge in [-0.05, 0) is 75.0 Å². The van der Waals surface area contributed by atoms with Gasteiger partial charge in [-0.15, -0.1) is 0 Å². The number of aldehydes is 2. The van der Waals surface area contributed by atoms with Gasteiger partial charge >= 0.3 is 0 Å². The Morgan fingerprint density at radius 1 is 0.774 bits per heavy atom. The Hall–Kier alpha value is -5.56.